The lowest BCUT2D eigenvalue weighted by Gasteiger charge is -2.03. The predicted molar refractivity (Wildman–Crippen MR) is 68.4 cm³/mol. The average molecular weight is 216 g/mol. The van der Waals surface area contributed by atoms with E-state index in [4.69, 9.17) is 0 Å². The van der Waals surface area contributed by atoms with Crippen LogP contribution in [0.3, 0.4) is 0 Å². The van der Waals surface area contributed by atoms with Gasteiger partial charge in [-0.3, -0.25) is 0 Å². The molecule has 0 bridgehead atoms. The van der Waals surface area contributed by atoms with Gasteiger partial charge < -0.3 is 0 Å². The van der Waals surface area contributed by atoms with Gasteiger partial charge in [-0.2, -0.15) is 11.3 Å². The molecule has 0 unspecified atom stereocenters. The van der Waals surface area contributed by atoms with Gasteiger partial charge in [0.15, 0.2) is 0 Å². The molecule has 78 valence electrons. The molecule has 0 fully saturated rings. The van der Waals surface area contributed by atoms with Crippen molar-refractivity contribution in [1.82, 2.24) is 0 Å². The van der Waals surface area contributed by atoms with E-state index < -0.39 is 0 Å². The maximum atomic E-state index is 2.32. The lowest BCUT2D eigenvalue weighted by molar-refractivity contribution is 0.795. The molecule has 1 heterocycles. The second kappa shape index (κ2) is 5.13. The van der Waals surface area contributed by atoms with Crippen molar-refractivity contribution >= 4 is 11.3 Å². The highest BCUT2D eigenvalue weighted by atomic mass is 32.1. The van der Waals surface area contributed by atoms with E-state index in [-0.39, 0.29) is 0 Å². The number of hydrogen-bond donors (Lipinski definition) is 0. The summed E-state index contributed by atoms with van der Waals surface area (Å²) in [4.78, 5) is 0. The molecule has 0 saturated heterocycles. The first-order chi connectivity index (χ1) is 7.40. The van der Waals surface area contributed by atoms with Crippen LogP contribution in [0.1, 0.15) is 25.3 Å². The van der Waals surface area contributed by atoms with Gasteiger partial charge in [0.1, 0.15) is 0 Å². The molecule has 1 aromatic carbocycles. The third-order valence-electron chi connectivity index (χ3n) is 2.60. The van der Waals surface area contributed by atoms with Gasteiger partial charge in [-0.25, -0.2) is 0 Å². The predicted octanol–water partition coefficient (Wildman–Crippen LogP) is 4.76. The fraction of sp³-hybridized carbons (Fsp3) is 0.286. The van der Waals surface area contributed by atoms with Crippen LogP contribution in [0, 0.1) is 0 Å². The minimum Gasteiger partial charge on any atom is -0.152 e. The topological polar surface area (TPSA) is 0 Å². The van der Waals surface area contributed by atoms with Crippen molar-refractivity contribution in [3.8, 4) is 11.1 Å². The van der Waals surface area contributed by atoms with E-state index in [0.29, 0.717) is 0 Å². The molecule has 1 aromatic heterocycles. The van der Waals surface area contributed by atoms with Crippen LogP contribution in [0.2, 0.25) is 0 Å². The number of unbranched alkanes of at least 4 members (excludes halogenated alkanes) is 1. The van der Waals surface area contributed by atoms with Gasteiger partial charge in [-0.15, -0.1) is 0 Å². The quantitative estimate of drug-likeness (QED) is 0.691. The number of rotatable bonds is 4. The first-order valence-electron chi connectivity index (χ1n) is 5.51. The van der Waals surface area contributed by atoms with E-state index >= 15 is 0 Å². The number of hydrogen-bond acceptors (Lipinski definition) is 1. The maximum Gasteiger partial charge on any atom is -0.00147 e. The zero-order chi connectivity index (χ0) is 10.5. The molecule has 15 heavy (non-hydrogen) atoms. The van der Waals surface area contributed by atoms with Crippen molar-refractivity contribution in [3.63, 3.8) is 0 Å². The third kappa shape index (κ3) is 2.69. The Labute approximate surface area is 95.6 Å². The highest BCUT2D eigenvalue weighted by Gasteiger charge is 1.99. The van der Waals surface area contributed by atoms with Crippen molar-refractivity contribution in [3.05, 3.63) is 46.7 Å². The molecule has 0 radical (unpaired) electrons. The third-order valence-corrected chi connectivity index (χ3v) is 3.28. The zero-order valence-electron chi connectivity index (χ0n) is 9.07. The summed E-state index contributed by atoms with van der Waals surface area (Å²) in [7, 11) is 0. The fourth-order valence-corrected chi connectivity index (χ4v) is 2.38. The second-order valence-electron chi connectivity index (χ2n) is 3.82. The van der Waals surface area contributed by atoms with Gasteiger partial charge in [-0.1, -0.05) is 37.6 Å². The van der Waals surface area contributed by atoms with Crippen molar-refractivity contribution in [2.45, 2.75) is 26.2 Å². The van der Waals surface area contributed by atoms with Crippen LogP contribution in [0.25, 0.3) is 11.1 Å². The lowest BCUT2D eigenvalue weighted by Crippen LogP contribution is -1.85. The van der Waals surface area contributed by atoms with E-state index in [1.54, 1.807) is 11.3 Å². The summed E-state index contributed by atoms with van der Waals surface area (Å²) in [5.41, 5.74) is 4.16. The SMILES string of the molecule is CCCCc1cccc(-c2ccsc2)c1. The van der Waals surface area contributed by atoms with E-state index in [9.17, 15) is 0 Å². The molecular formula is C14H16S. The van der Waals surface area contributed by atoms with Crippen LogP contribution in [0.4, 0.5) is 0 Å². The Bertz CT molecular complexity index is 401. The fourth-order valence-electron chi connectivity index (χ4n) is 1.72. The Hall–Kier alpha value is -1.08. The van der Waals surface area contributed by atoms with Gasteiger partial charge in [0, 0.05) is 0 Å². The van der Waals surface area contributed by atoms with Crippen molar-refractivity contribution in [1.29, 1.82) is 0 Å². The highest BCUT2D eigenvalue weighted by Crippen LogP contribution is 2.23. The van der Waals surface area contributed by atoms with E-state index in [0.717, 1.165) is 0 Å². The van der Waals surface area contributed by atoms with Gasteiger partial charge in [0.2, 0.25) is 0 Å². The molecule has 2 rings (SSSR count). The normalized spacial score (nSPS) is 10.5. The summed E-state index contributed by atoms with van der Waals surface area (Å²) in [5.74, 6) is 0. The summed E-state index contributed by atoms with van der Waals surface area (Å²) in [5, 5.41) is 4.34. The number of benzene rings is 1. The molecule has 0 N–H and O–H groups in total. The molecule has 0 aliphatic heterocycles. The van der Waals surface area contributed by atoms with Crippen LogP contribution < -0.4 is 0 Å². The molecule has 0 aliphatic rings. The molecule has 0 amide bonds. The average Bonchev–Trinajstić information content (AvgIpc) is 2.80. The van der Waals surface area contributed by atoms with E-state index in [1.165, 1.54) is 36.0 Å². The van der Waals surface area contributed by atoms with Crippen LogP contribution in [-0.4, -0.2) is 0 Å². The van der Waals surface area contributed by atoms with E-state index in [1.807, 2.05) is 0 Å². The summed E-state index contributed by atoms with van der Waals surface area (Å²) >= 11 is 1.76. The van der Waals surface area contributed by atoms with Gasteiger partial charge in [0.25, 0.3) is 0 Å². The van der Waals surface area contributed by atoms with E-state index in [2.05, 4.69) is 48.0 Å². The first-order valence-corrected chi connectivity index (χ1v) is 6.46. The van der Waals surface area contributed by atoms with Gasteiger partial charge in [0.05, 0.1) is 0 Å². The van der Waals surface area contributed by atoms with Gasteiger partial charge >= 0.3 is 0 Å². The molecule has 0 atom stereocenters. The Balaban J connectivity index is 2.19. The Morgan fingerprint density at radius 2 is 2.07 bits per heavy atom. The first kappa shape index (κ1) is 10.4. The second-order valence-corrected chi connectivity index (χ2v) is 4.60. The van der Waals surface area contributed by atoms with Crippen LogP contribution in [0.5, 0.6) is 0 Å². The monoisotopic (exact) mass is 216 g/mol. The number of thiophene rings is 1. The molecule has 2 aromatic rings. The molecule has 0 saturated carbocycles. The summed E-state index contributed by atoms with van der Waals surface area (Å²) in [6.45, 7) is 2.24. The summed E-state index contributed by atoms with van der Waals surface area (Å²) < 4.78 is 0. The maximum absolute atomic E-state index is 2.32. The Morgan fingerprint density at radius 3 is 2.80 bits per heavy atom. The minimum atomic E-state index is 1.20. The molecule has 0 spiro atoms. The van der Waals surface area contributed by atoms with Crippen molar-refractivity contribution in [2.24, 2.45) is 0 Å². The molecule has 0 nitrogen and oxygen atoms in total. The molecular weight excluding hydrogens is 200 g/mol. The van der Waals surface area contributed by atoms with Gasteiger partial charge in [-0.05, 0) is 46.4 Å². The van der Waals surface area contributed by atoms with Crippen LogP contribution >= 0.6 is 11.3 Å². The Morgan fingerprint density at radius 1 is 1.13 bits per heavy atom. The lowest BCUT2D eigenvalue weighted by atomic mass is 10.0. The standard InChI is InChI=1S/C14H16S/c1-2-3-5-12-6-4-7-13(10-12)14-8-9-15-11-14/h4,6-11H,2-3,5H2,1H3. The summed E-state index contributed by atoms with van der Waals surface area (Å²) in [6, 6.07) is 11.1. The number of aryl methyl sites for hydroxylation is 1. The summed E-state index contributed by atoms with van der Waals surface area (Å²) in [6.07, 6.45) is 3.75. The minimum absolute atomic E-state index is 1.20. The Kier molecular flexibility index (Phi) is 3.57. The molecule has 1 heteroatoms. The van der Waals surface area contributed by atoms with Crippen molar-refractivity contribution in [2.75, 3.05) is 0 Å². The smallest absolute Gasteiger partial charge is 0.00147 e. The van der Waals surface area contributed by atoms with Crippen molar-refractivity contribution < 1.29 is 0 Å². The molecule has 0 aliphatic carbocycles. The highest BCUT2D eigenvalue weighted by molar-refractivity contribution is 7.08. The van der Waals surface area contributed by atoms with Crippen LogP contribution in [0.15, 0.2) is 41.1 Å². The van der Waals surface area contributed by atoms with Crippen LogP contribution in [-0.2, 0) is 6.42 Å². The largest absolute Gasteiger partial charge is 0.152 e. The zero-order valence-corrected chi connectivity index (χ0v) is 9.89.